The highest BCUT2D eigenvalue weighted by Crippen LogP contribution is 2.58. The Morgan fingerprint density at radius 3 is 2.30 bits per heavy atom. The average Bonchev–Trinajstić information content (AvgIpc) is 3.00. The van der Waals surface area contributed by atoms with Crippen molar-refractivity contribution in [2.75, 3.05) is 13.2 Å². The van der Waals surface area contributed by atoms with Crippen molar-refractivity contribution >= 4 is 17.6 Å². The molecule has 1 aliphatic rings. The fourth-order valence-electron chi connectivity index (χ4n) is 6.78. The van der Waals surface area contributed by atoms with Crippen LogP contribution in [0.2, 0.25) is 0 Å². The number of aryl methyl sites for hydroxylation is 1. The number of benzene rings is 2. The van der Waals surface area contributed by atoms with Crippen LogP contribution in [0.15, 0.2) is 73.1 Å². The molecule has 0 amide bonds. The maximum atomic E-state index is 13.2. The lowest BCUT2D eigenvalue weighted by Gasteiger charge is -2.57. The third-order valence-electron chi connectivity index (χ3n) is 9.08. The normalized spacial score (nSPS) is 24.8. The van der Waals surface area contributed by atoms with E-state index in [0.29, 0.717) is 30.1 Å². The Hall–Kier alpha value is -4.35. The van der Waals surface area contributed by atoms with Crippen molar-refractivity contribution in [1.82, 2.24) is 10.3 Å². The minimum atomic E-state index is -1.61. The molecule has 1 fully saturated rings. The summed E-state index contributed by atoms with van der Waals surface area (Å²) >= 11 is 0. The molecule has 1 aliphatic heterocycles. The monoisotopic (exact) mass is 605 g/mol. The zero-order chi connectivity index (χ0) is 31.9. The minimum absolute atomic E-state index is 0.0198. The van der Waals surface area contributed by atoms with Crippen LogP contribution < -0.4 is 10.1 Å². The number of rotatable bonds is 14. The Kier molecular flexibility index (Phi) is 10.3. The number of non-ortho nitro benzene ring substituents is 1. The van der Waals surface area contributed by atoms with Crippen LogP contribution in [0.1, 0.15) is 57.1 Å². The van der Waals surface area contributed by atoms with Gasteiger partial charge in [0.25, 0.3) is 5.69 Å². The van der Waals surface area contributed by atoms with E-state index in [1.807, 2.05) is 30.3 Å². The van der Waals surface area contributed by atoms with E-state index in [1.54, 1.807) is 45.3 Å². The fraction of sp³-hybridized carbons (Fsp3) is 0.424. The molecule has 1 aromatic heterocycles. The van der Waals surface area contributed by atoms with Crippen molar-refractivity contribution in [3.05, 3.63) is 94.3 Å². The van der Waals surface area contributed by atoms with E-state index in [9.17, 15) is 29.9 Å². The van der Waals surface area contributed by atoms with E-state index in [0.717, 1.165) is 12.0 Å². The SMILES string of the molecule is CCC1(C(=O)O)C(C)NC(C)C(CCOCCCc2ccc(Oc3cccnc3)cc2)(C(=O)O)C1c1cccc([N+](=O)[O-])c1. The predicted molar refractivity (Wildman–Crippen MR) is 163 cm³/mol. The van der Waals surface area contributed by atoms with Gasteiger partial charge in [-0.1, -0.05) is 31.2 Å². The lowest BCUT2D eigenvalue weighted by Crippen LogP contribution is -2.69. The second-order valence-corrected chi connectivity index (χ2v) is 11.3. The molecule has 0 aliphatic carbocycles. The summed E-state index contributed by atoms with van der Waals surface area (Å²) in [6.45, 7) is 5.64. The number of carbonyl (C=O) groups is 2. The highest BCUT2D eigenvalue weighted by atomic mass is 16.6. The summed E-state index contributed by atoms with van der Waals surface area (Å²) in [5, 5.41) is 36.3. The number of nitro benzene ring substituents is 1. The molecule has 3 N–H and O–H groups in total. The number of aliphatic carboxylic acids is 2. The smallest absolute Gasteiger partial charge is 0.311 e. The van der Waals surface area contributed by atoms with Gasteiger partial charge >= 0.3 is 11.9 Å². The summed E-state index contributed by atoms with van der Waals surface area (Å²) in [5.74, 6) is -2.03. The Morgan fingerprint density at radius 2 is 1.68 bits per heavy atom. The Morgan fingerprint density at radius 1 is 0.977 bits per heavy atom. The molecule has 5 atom stereocenters. The molecular weight excluding hydrogens is 566 g/mol. The fourth-order valence-corrected chi connectivity index (χ4v) is 6.78. The first-order valence-electron chi connectivity index (χ1n) is 14.8. The highest BCUT2D eigenvalue weighted by Gasteiger charge is 2.66. The molecule has 3 aromatic rings. The number of carboxylic acids is 2. The number of nitrogens with one attached hydrogen (secondary N) is 1. The van der Waals surface area contributed by atoms with Crippen molar-refractivity contribution in [2.24, 2.45) is 10.8 Å². The molecular formula is C33H39N3O8. The lowest BCUT2D eigenvalue weighted by atomic mass is 9.50. The molecule has 4 rings (SSSR count). The number of hydrogen-bond donors (Lipinski definition) is 3. The number of nitrogens with zero attached hydrogens (tertiary/aromatic N) is 2. The van der Waals surface area contributed by atoms with Crippen LogP contribution in [0, 0.1) is 20.9 Å². The van der Waals surface area contributed by atoms with Crippen molar-refractivity contribution in [3.63, 3.8) is 0 Å². The number of piperidine rings is 1. The van der Waals surface area contributed by atoms with E-state index in [2.05, 4.69) is 10.3 Å². The first-order valence-corrected chi connectivity index (χ1v) is 14.8. The molecule has 0 saturated carbocycles. The molecule has 234 valence electrons. The molecule has 2 heterocycles. The molecule has 11 nitrogen and oxygen atoms in total. The van der Waals surface area contributed by atoms with Crippen LogP contribution in [0.3, 0.4) is 0 Å². The molecule has 0 spiro atoms. The standard InChI is InChI=1S/C33H39N3O8/c1-4-32(30(37)38)22(2)35-23(3)33(31(39)40,29(32)25-9-5-10-26(20-25)36(41)42)16-19-43-18-7-8-24-12-14-27(15-13-24)44-28-11-6-17-34-21-28/h5-6,9-15,17,20-23,29,35H,4,7-8,16,18-19H2,1-3H3,(H,37,38)(H,39,40). The van der Waals surface area contributed by atoms with Gasteiger partial charge in [0.05, 0.1) is 22.0 Å². The zero-order valence-electron chi connectivity index (χ0n) is 25.1. The Balaban J connectivity index is 1.48. The maximum Gasteiger partial charge on any atom is 0.311 e. The van der Waals surface area contributed by atoms with Gasteiger partial charge in [-0.2, -0.15) is 0 Å². The Labute approximate surface area is 256 Å². The van der Waals surface area contributed by atoms with E-state index < -0.39 is 45.7 Å². The third kappa shape index (κ3) is 6.44. The van der Waals surface area contributed by atoms with Gasteiger partial charge in [-0.05, 0) is 74.9 Å². The van der Waals surface area contributed by atoms with Gasteiger partial charge in [0.2, 0.25) is 0 Å². The number of ether oxygens (including phenoxy) is 2. The summed E-state index contributed by atoms with van der Waals surface area (Å²) in [6.07, 6.45) is 4.89. The average molecular weight is 606 g/mol. The number of hydrogen-bond acceptors (Lipinski definition) is 8. The van der Waals surface area contributed by atoms with Gasteiger partial charge in [-0.3, -0.25) is 24.7 Å². The number of aromatic nitrogens is 1. The first-order chi connectivity index (χ1) is 21.1. The van der Waals surface area contributed by atoms with Gasteiger partial charge in [0.15, 0.2) is 0 Å². The van der Waals surface area contributed by atoms with Crippen molar-refractivity contribution in [2.45, 2.75) is 64.5 Å². The molecule has 0 radical (unpaired) electrons. The molecule has 1 saturated heterocycles. The second kappa shape index (κ2) is 14.0. The lowest BCUT2D eigenvalue weighted by molar-refractivity contribution is -0.385. The van der Waals surface area contributed by atoms with Gasteiger partial charge in [-0.15, -0.1) is 0 Å². The maximum absolute atomic E-state index is 13.2. The quantitative estimate of drug-likeness (QED) is 0.116. The van der Waals surface area contributed by atoms with Crippen molar-refractivity contribution in [3.8, 4) is 11.5 Å². The molecule has 0 bridgehead atoms. The molecule has 5 unspecified atom stereocenters. The predicted octanol–water partition coefficient (Wildman–Crippen LogP) is 5.84. The number of carboxylic acid groups (broad SMARTS) is 2. The van der Waals surface area contributed by atoms with Crippen LogP contribution in [-0.2, 0) is 20.7 Å². The zero-order valence-corrected chi connectivity index (χ0v) is 25.1. The second-order valence-electron chi connectivity index (χ2n) is 11.3. The molecule has 44 heavy (non-hydrogen) atoms. The van der Waals surface area contributed by atoms with Crippen molar-refractivity contribution < 1.29 is 34.2 Å². The topological polar surface area (TPSA) is 161 Å². The van der Waals surface area contributed by atoms with Crippen LogP contribution in [0.5, 0.6) is 11.5 Å². The van der Waals surface area contributed by atoms with Gasteiger partial charge in [-0.25, -0.2) is 0 Å². The van der Waals surface area contributed by atoms with Gasteiger partial charge in [0, 0.05) is 49.5 Å². The van der Waals surface area contributed by atoms with Gasteiger partial charge < -0.3 is 25.0 Å². The minimum Gasteiger partial charge on any atom is -0.481 e. The Bertz CT molecular complexity index is 1450. The largest absolute Gasteiger partial charge is 0.481 e. The number of pyridine rings is 1. The van der Waals surface area contributed by atoms with E-state index in [-0.39, 0.29) is 25.1 Å². The highest BCUT2D eigenvalue weighted by molar-refractivity contribution is 5.84. The first kappa shape index (κ1) is 32.6. The summed E-state index contributed by atoms with van der Waals surface area (Å²) in [7, 11) is 0. The van der Waals surface area contributed by atoms with Crippen molar-refractivity contribution in [1.29, 1.82) is 0 Å². The summed E-state index contributed by atoms with van der Waals surface area (Å²) < 4.78 is 11.7. The third-order valence-corrected chi connectivity index (χ3v) is 9.08. The van der Waals surface area contributed by atoms with Crippen LogP contribution >= 0.6 is 0 Å². The molecule has 11 heteroatoms. The number of nitro groups is 1. The van der Waals surface area contributed by atoms with E-state index >= 15 is 0 Å². The summed E-state index contributed by atoms with van der Waals surface area (Å²) in [5.41, 5.74) is -1.95. The summed E-state index contributed by atoms with van der Waals surface area (Å²) in [4.78, 5) is 41.3. The van der Waals surface area contributed by atoms with E-state index in [1.165, 1.54) is 18.2 Å². The van der Waals surface area contributed by atoms with E-state index in [4.69, 9.17) is 9.47 Å². The summed E-state index contributed by atoms with van der Waals surface area (Å²) in [6, 6.07) is 15.8. The van der Waals surface area contributed by atoms with Crippen LogP contribution in [-0.4, -0.2) is 57.4 Å². The molecule has 2 aromatic carbocycles. The van der Waals surface area contributed by atoms with Gasteiger partial charge in [0.1, 0.15) is 11.5 Å². The van der Waals surface area contributed by atoms with Crippen LogP contribution in [0.4, 0.5) is 5.69 Å². The van der Waals surface area contributed by atoms with Crippen LogP contribution in [0.25, 0.3) is 0 Å².